The lowest BCUT2D eigenvalue weighted by atomic mass is 10.1. The van der Waals surface area contributed by atoms with E-state index in [0.29, 0.717) is 26.3 Å². The Morgan fingerprint density at radius 3 is 2.32 bits per heavy atom. The average Bonchev–Trinajstić information content (AvgIpc) is 2.38. The topological polar surface area (TPSA) is 49.8 Å². The number of Topliss-reactive ketones (excluding diaryl/α,β-unsaturated/α-hetero) is 1. The number of morpholine rings is 1. The molecule has 1 fully saturated rings. The molecule has 0 saturated carbocycles. The van der Waals surface area contributed by atoms with Crippen LogP contribution in [0.4, 0.5) is 14.5 Å². The molecule has 0 radical (unpaired) electrons. The van der Waals surface area contributed by atoms with E-state index < -0.39 is 23.5 Å². The van der Waals surface area contributed by atoms with Gasteiger partial charge in [0.25, 0.3) is 0 Å². The molecule has 0 spiro atoms. The summed E-state index contributed by atoms with van der Waals surface area (Å²) in [6, 6.07) is 1.92. The van der Waals surface area contributed by atoms with Crippen LogP contribution in [0.2, 0.25) is 0 Å². The maximum atomic E-state index is 14.0. The predicted octanol–water partition coefficient (Wildman–Crippen LogP) is 1.36. The van der Waals surface area contributed by atoms with Crippen LogP contribution in [-0.2, 0) is 4.74 Å². The molecular weight excluding hydrogens is 256 g/mol. The molecular formula is C13H15F2NO3. The van der Waals surface area contributed by atoms with Crippen LogP contribution >= 0.6 is 0 Å². The Balaban J connectivity index is 2.34. The summed E-state index contributed by atoms with van der Waals surface area (Å²) >= 11 is 0. The normalized spacial score (nSPS) is 17.4. The van der Waals surface area contributed by atoms with Crippen molar-refractivity contribution in [1.82, 2.24) is 0 Å². The predicted molar refractivity (Wildman–Crippen MR) is 65.4 cm³/mol. The number of ketones is 1. The summed E-state index contributed by atoms with van der Waals surface area (Å²) in [6.07, 6.45) is -1.28. The van der Waals surface area contributed by atoms with E-state index in [2.05, 4.69) is 0 Å². The molecule has 104 valence electrons. The monoisotopic (exact) mass is 271 g/mol. The minimum atomic E-state index is -1.28. The van der Waals surface area contributed by atoms with Gasteiger partial charge in [0.15, 0.2) is 5.78 Å². The first kappa shape index (κ1) is 13.9. The number of aliphatic hydroxyl groups is 1. The van der Waals surface area contributed by atoms with Crippen LogP contribution < -0.4 is 4.90 Å². The fourth-order valence-electron chi connectivity index (χ4n) is 2.04. The maximum absolute atomic E-state index is 14.0. The summed E-state index contributed by atoms with van der Waals surface area (Å²) in [4.78, 5) is 13.1. The number of halogens is 2. The van der Waals surface area contributed by atoms with Gasteiger partial charge in [-0.3, -0.25) is 4.79 Å². The van der Waals surface area contributed by atoms with Crippen LogP contribution in [0.3, 0.4) is 0 Å². The van der Waals surface area contributed by atoms with Crippen molar-refractivity contribution in [3.05, 3.63) is 29.3 Å². The zero-order chi connectivity index (χ0) is 14.0. The first-order valence-electron chi connectivity index (χ1n) is 6.04. The van der Waals surface area contributed by atoms with E-state index in [-0.39, 0.29) is 11.3 Å². The SMILES string of the molecule is C[C@H](O)C(=O)c1cc(F)c(N2CCOCC2)c(F)c1. The quantitative estimate of drug-likeness (QED) is 0.843. The second kappa shape index (κ2) is 5.63. The first-order valence-corrected chi connectivity index (χ1v) is 6.04. The minimum absolute atomic E-state index is 0.148. The number of carbonyl (C=O) groups is 1. The fourth-order valence-corrected chi connectivity index (χ4v) is 2.04. The molecule has 4 nitrogen and oxygen atoms in total. The van der Waals surface area contributed by atoms with Gasteiger partial charge in [0, 0.05) is 18.7 Å². The molecule has 1 atom stereocenters. The summed E-state index contributed by atoms with van der Waals surface area (Å²) < 4.78 is 33.0. The molecule has 1 aromatic rings. The zero-order valence-corrected chi connectivity index (χ0v) is 10.5. The van der Waals surface area contributed by atoms with E-state index in [9.17, 15) is 13.6 Å². The lowest BCUT2D eigenvalue weighted by Gasteiger charge is -2.29. The van der Waals surface area contributed by atoms with Gasteiger partial charge in [-0.1, -0.05) is 0 Å². The average molecular weight is 271 g/mol. The van der Waals surface area contributed by atoms with Gasteiger partial charge in [-0.2, -0.15) is 0 Å². The molecule has 19 heavy (non-hydrogen) atoms. The molecule has 0 aromatic heterocycles. The van der Waals surface area contributed by atoms with Crippen molar-refractivity contribution < 1.29 is 23.4 Å². The minimum Gasteiger partial charge on any atom is -0.385 e. The van der Waals surface area contributed by atoms with Crippen LogP contribution in [0, 0.1) is 11.6 Å². The number of hydrogen-bond acceptors (Lipinski definition) is 4. The van der Waals surface area contributed by atoms with Gasteiger partial charge in [-0.25, -0.2) is 8.78 Å². The van der Waals surface area contributed by atoms with Crippen LogP contribution in [0.5, 0.6) is 0 Å². The number of benzene rings is 1. The molecule has 0 amide bonds. The van der Waals surface area contributed by atoms with E-state index >= 15 is 0 Å². The Hall–Kier alpha value is -1.53. The van der Waals surface area contributed by atoms with E-state index in [1.807, 2.05) is 0 Å². The Morgan fingerprint density at radius 2 is 1.84 bits per heavy atom. The second-order valence-electron chi connectivity index (χ2n) is 4.43. The number of carbonyl (C=O) groups excluding carboxylic acids is 1. The zero-order valence-electron chi connectivity index (χ0n) is 10.5. The molecule has 1 aromatic carbocycles. The Bertz CT molecular complexity index is 462. The van der Waals surface area contributed by atoms with Gasteiger partial charge in [0.1, 0.15) is 23.4 Å². The third kappa shape index (κ3) is 2.90. The molecule has 0 bridgehead atoms. The van der Waals surface area contributed by atoms with E-state index in [1.54, 1.807) is 4.90 Å². The number of anilines is 1. The van der Waals surface area contributed by atoms with E-state index in [4.69, 9.17) is 9.84 Å². The Morgan fingerprint density at radius 1 is 1.32 bits per heavy atom. The molecule has 2 rings (SSSR count). The molecule has 1 heterocycles. The van der Waals surface area contributed by atoms with Gasteiger partial charge in [0.2, 0.25) is 0 Å². The highest BCUT2D eigenvalue weighted by molar-refractivity contribution is 5.99. The number of hydrogen-bond donors (Lipinski definition) is 1. The summed E-state index contributed by atoms with van der Waals surface area (Å²) in [5.74, 6) is -2.30. The maximum Gasteiger partial charge on any atom is 0.191 e. The number of nitrogens with zero attached hydrogens (tertiary/aromatic N) is 1. The molecule has 1 aliphatic rings. The van der Waals surface area contributed by atoms with Gasteiger partial charge < -0.3 is 14.7 Å². The van der Waals surface area contributed by atoms with Crippen molar-refractivity contribution in [1.29, 1.82) is 0 Å². The van der Waals surface area contributed by atoms with E-state index in [1.165, 1.54) is 6.92 Å². The van der Waals surface area contributed by atoms with Gasteiger partial charge in [0.05, 0.1) is 13.2 Å². The summed E-state index contributed by atoms with van der Waals surface area (Å²) in [5.41, 5.74) is -0.313. The molecule has 0 aliphatic carbocycles. The van der Waals surface area contributed by atoms with Gasteiger partial charge in [-0.05, 0) is 19.1 Å². The third-order valence-corrected chi connectivity index (χ3v) is 3.01. The number of aliphatic hydroxyl groups excluding tert-OH is 1. The van der Waals surface area contributed by atoms with Crippen molar-refractivity contribution in [2.24, 2.45) is 0 Å². The van der Waals surface area contributed by atoms with Crippen LogP contribution in [-0.4, -0.2) is 43.3 Å². The second-order valence-corrected chi connectivity index (χ2v) is 4.43. The lowest BCUT2D eigenvalue weighted by molar-refractivity contribution is 0.0778. The summed E-state index contributed by atoms with van der Waals surface area (Å²) in [6.45, 7) is 2.88. The van der Waals surface area contributed by atoms with Crippen molar-refractivity contribution >= 4 is 11.5 Å². The van der Waals surface area contributed by atoms with Gasteiger partial charge >= 0.3 is 0 Å². The first-order chi connectivity index (χ1) is 9.00. The largest absolute Gasteiger partial charge is 0.385 e. The molecule has 0 unspecified atom stereocenters. The molecule has 1 N–H and O–H groups in total. The van der Waals surface area contributed by atoms with Gasteiger partial charge in [-0.15, -0.1) is 0 Å². The molecule has 1 aliphatic heterocycles. The standard InChI is InChI=1S/C13H15F2NO3/c1-8(17)13(18)9-6-10(14)12(11(15)7-9)16-2-4-19-5-3-16/h6-8,17H,2-5H2,1H3/t8-/m0/s1. The van der Waals surface area contributed by atoms with Crippen molar-refractivity contribution in [2.45, 2.75) is 13.0 Å². The summed E-state index contributed by atoms with van der Waals surface area (Å²) in [7, 11) is 0. The highest BCUT2D eigenvalue weighted by atomic mass is 19.1. The van der Waals surface area contributed by atoms with Crippen molar-refractivity contribution in [2.75, 3.05) is 31.2 Å². The highest BCUT2D eigenvalue weighted by Crippen LogP contribution is 2.26. The Labute approximate surface area is 109 Å². The van der Waals surface area contributed by atoms with Crippen LogP contribution in [0.25, 0.3) is 0 Å². The number of rotatable bonds is 3. The fraction of sp³-hybridized carbons (Fsp3) is 0.462. The van der Waals surface area contributed by atoms with Crippen LogP contribution in [0.1, 0.15) is 17.3 Å². The highest BCUT2D eigenvalue weighted by Gasteiger charge is 2.22. The lowest BCUT2D eigenvalue weighted by Crippen LogP contribution is -2.37. The summed E-state index contributed by atoms with van der Waals surface area (Å²) in [5, 5.41) is 9.15. The molecule has 1 saturated heterocycles. The van der Waals surface area contributed by atoms with Crippen molar-refractivity contribution in [3.63, 3.8) is 0 Å². The third-order valence-electron chi connectivity index (χ3n) is 3.01. The van der Waals surface area contributed by atoms with E-state index in [0.717, 1.165) is 12.1 Å². The smallest absolute Gasteiger partial charge is 0.191 e. The van der Waals surface area contributed by atoms with Crippen molar-refractivity contribution in [3.8, 4) is 0 Å². The number of ether oxygens (including phenoxy) is 1. The van der Waals surface area contributed by atoms with Crippen LogP contribution in [0.15, 0.2) is 12.1 Å². The molecule has 6 heteroatoms. The Kier molecular flexibility index (Phi) is 4.11.